The van der Waals surface area contributed by atoms with Crippen molar-refractivity contribution in [3.8, 4) is 0 Å². The van der Waals surface area contributed by atoms with Gasteiger partial charge in [-0.1, -0.05) is 30.3 Å². The Kier molecular flexibility index (Phi) is 4.95. The SMILES string of the molecule is Cn1cc(NC(=O)N2CCCC[C@@H]2CCc2ccccc2)cn1. The molecule has 0 saturated carbocycles. The summed E-state index contributed by atoms with van der Waals surface area (Å²) in [6.07, 6.45) is 8.92. The molecule has 122 valence electrons. The molecule has 5 nitrogen and oxygen atoms in total. The number of urea groups is 1. The third kappa shape index (κ3) is 4.12. The monoisotopic (exact) mass is 312 g/mol. The van der Waals surface area contributed by atoms with E-state index in [4.69, 9.17) is 0 Å². The number of piperidine rings is 1. The molecule has 2 amide bonds. The van der Waals surface area contributed by atoms with E-state index in [9.17, 15) is 4.79 Å². The van der Waals surface area contributed by atoms with Gasteiger partial charge >= 0.3 is 6.03 Å². The third-order valence-electron chi connectivity index (χ3n) is 4.45. The number of amides is 2. The molecule has 1 aromatic carbocycles. The average Bonchev–Trinajstić information content (AvgIpc) is 2.99. The molecular weight excluding hydrogens is 288 g/mol. The number of hydrogen-bond donors (Lipinski definition) is 1. The maximum absolute atomic E-state index is 12.6. The highest BCUT2D eigenvalue weighted by molar-refractivity contribution is 5.89. The zero-order valence-corrected chi connectivity index (χ0v) is 13.6. The van der Waals surface area contributed by atoms with Gasteiger partial charge in [0.1, 0.15) is 0 Å². The summed E-state index contributed by atoms with van der Waals surface area (Å²) < 4.78 is 1.69. The number of benzene rings is 1. The van der Waals surface area contributed by atoms with Crippen LogP contribution in [-0.4, -0.2) is 33.3 Å². The average molecular weight is 312 g/mol. The molecule has 1 fully saturated rings. The lowest BCUT2D eigenvalue weighted by Gasteiger charge is -2.35. The Morgan fingerprint density at radius 2 is 2.13 bits per heavy atom. The molecule has 1 atom stereocenters. The second-order valence-electron chi connectivity index (χ2n) is 6.20. The quantitative estimate of drug-likeness (QED) is 0.940. The van der Waals surface area contributed by atoms with Gasteiger partial charge in [-0.2, -0.15) is 5.10 Å². The standard InChI is InChI=1S/C18H24N4O/c1-21-14-16(13-19-21)20-18(23)22-12-6-5-9-17(22)11-10-15-7-3-2-4-8-15/h2-4,7-8,13-14,17H,5-6,9-12H2,1H3,(H,20,23)/t17-/m1/s1. The number of carbonyl (C=O) groups excluding carboxylic acids is 1. The molecular formula is C18H24N4O. The summed E-state index contributed by atoms with van der Waals surface area (Å²) in [6.45, 7) is 0.839. The van der Waals surface area contributed by atoms with Crippen molar-refractivity contribution in [2.75, 3.05) is 11.9 Å². The Hall–Kier alpha value is -2.30. The number of rotatable bonds is 4. The van der Waals surface area contributed by atoms with Gasteiger partial charge in [0.2, 0.25) is 0 Å². The van der Waals surface area contributed by atoms with Crippen LogP contribution in [0.15, 0.2) is 42.7 Å². The van der Waals surface area contributed by atoms with Crippen LogP contribution < -0.4 is 5.32 Å². The maximum atomic E-state index is 12.6. The van der Waals surface area contributed by atoms with Gasteiger partial charge in [0.05, 0.1) is 11.9 Å². The predicted molar refractivity (Wildman–Crippen MR) is 91.3 cm³/mol. The summed E-state index contributed by atoms with van der Waals surface area (Å²) in [4.78, 5) is 14.6. The fourth-order valence-corrected chi connectivity index (χ4v) is 3.23. The summed E-state index contributed by atoms with van der Waals surface area (Å²) in [5, 5.41) is 7.06. The number of aryl methyl sites for hydroxylation is 2. The van der Waals surface area contributed by atoms with Crippen LogP contribution >= 0.6 is 0 Å². The Morgan fingerprint density at radius 3 is 2.87 bits per heavy atom. The van der Waals surface area contributed by atoms with Crippen LogP contribution in [0.25, 0.3) is 0 Å². The number of nitrogens with one attached hydrogen (secondary N) is 1. The Morgan fingerprint density at radius 1 is 1.30 bits per heavy atom. The highest BCUT2D eigenvalue weighted by atomic mass is 16.2. The van der Waals surface area contributed by atoms with Crippen molar-refractivity contribution in [1.82, 2.24) is 14.7 Å². The lowest BCUT2D eigenvalue weighted by molar-refractivity contribution is 0.158. The predicted octanol–water partition coefficient (Wildman–Crippen LogP) is 3.44. The molecule has 5 heteroatoms. The van der Waals surface area contributed by atoms with Crippen LogP contribution in [0.5, 0.6) is 0 Å². The normalized spacial score (nSPS) is 18.0. The van der Waals surface area contributed by atoms with E-state index in [0.717, 1.165) is 37.9 Å². The molecule has 2 aromatic rings. The molecule has 2 heterocycles. The number of anilines is 1. The lowest BCUT2D eigenvalue weighted by atomic mass is 9.96. The van der Waals surface area contributed by atoms with Crippen LogP contribution in [0.3, 0.4) is 0 Å². The van der Waals surface area contributed by atoms with Gasteiger partial charge in [-0.25, -0.2) is 4.79 Å². The van der Waals surface area contributed by atoms with Crippen molar-refractivity contribution < 1.29 is 4.79 Å². The van der Waals surface area contributed by atoms with E-state index in [-0.39, 0.29) is 6.03 Å². The molecule has 1 saturated heterocycles. The van der Waals surface area contributed by atoms with Gasteiger partial charge in [0.25, 0.3) is 0 Å². The summed E-state index contributed by atoms with van der Waals surface area (Å²) in [7, 11) is 1.85. The molecule has 1 aromatic heterocycles. The fourth-order valence-electron chi connectivity index (χ4n) is 3.23. The summed E-state index contributed by atoms with van der Waals surface area (Å²) in [6, 6.07) is 10.8. The fraction of sp³-hybridized carbons (Fsp3) is 0.444. The molecule has 1 N–H and O–H groups in total. The second kappa shape index (κ2) is 7.31. The lowest BCUT2D eigenvalue weighted by Crippen LogP contribution is -2.46. The molecule has 0 radical (unpaired) electrons. The van der Waals surface area contributed by atoms with Crippen molar-refractivity contribution in [2.24, 2.45) is 7.05 Å². The van der Waals surface area contributed by atoms with Crippen LogP contribution in [0.2, 0.25) is 0 Å². The summed E-state index contributed by atoms with van der Waals surface area (Å²) >= 11 is 0. The minimum absolute atomic E-state index is 0.00392. The molecule has 1 aliphatic heterocycles. The number of hydrogen-bond acceptors (Lipinski definition) is 2. The molecule has 0 unspecified atom stereocenters. The smallest absolute Gasteiger partial charge is 0.322 e. The van der Waals surface area contributed by atoms with Gasteiger partial charge < -0.3 is 10.2 Å². The van der Waals surface area contributed by atoms with E-state index in [1.807, 2.05) is 24.2 Å². The Balaban J connectivity index is 1.60. The molecule has 1 aliphatic rings. The second-order valence-corrected chi connectivity index (χ2v) is 6.20. The van der Waals surface area contributed by atoms with Crippen molar-refractivity contribution in [2.45, 2.75) is 38.1 Å². The van der Waals surface area contributed by atoms with E-state index < -0.39 is 0 Å². The zero-order valence-electron chi connectivity index (χ0n) is 13.6. The highest BCUT2D eigenvalue weighted by Gasteiger charge is 2.26. The molecule has 0 aliphatic carbocycles. The molecule has 0 spiro atoms. The van der Waals surface area contributed by atoms with Crippen molar-refractivity contribution in [1.29, 1.82) is 0 Å². The van der Waals surface area contributed by atoms with E-state index >= 15 is 0 Å². The van der Waals surface area contributed by atoms with Gasteiger partial charge in [0.15, 0.2) is 0 Å². The number of aromatic nitrogens is 2. The first-order valence-corrected chi connectivity index (χ1v) is 8.32. The van der Waals surface area contributed by atoms with Crippen molar-refractivity contribution in [3.05, 3.63) is 48.3 Å². The maximum Gasteiger partial charge on any atom is 0.322 e. The van der Waals surface area contributed by atoms with E-state index in [2.05, 4.69) is 34.7 Å². The molecule has 3 rings (SSSR count). The Bertz CT molecular complexity index is 637. The first kappa shape index (κ1) is 15.6. The summed E-state index contributed by atoms with van der Waals surface area (Å²) in [5.41, 5.74) is 2.09. The van der Waals surface area contributed by atoms with E-state index in [0.29, 0.717) is 6.04 Å². The number of carbonyl (C=O) groups is 1. The third-order valence-corrected chi connectivity index (χ3v) is 4.45. The van der Waals surface area contributed by atoms with Crippen LogP contribution in [0.1, 0.15) is 31.2 Å². The topological polar surface area (TPSA) is 50.2 Å². The number of nitrogens with zero attached hydrogens (tertiary/aromatic N) is 3. The van der Waals surface area contributed by atoms with Crippen LogP contribution in [0.4, 0.5) is 10.5 Å². The van der Waals surface area contributed by atoms with Crippen LogP contribution in [-0.2, 0) is 13.5 Å². The molecule has 23 heavy (non-hydrogen) atoms. The first-order chi connectivity index (χ1) is 11.2. The minimum atomic E-state index is -0.00392. The van der Waals surface area contributed by atoms with Gasteiger partial charge in [-0.3, -0.25) is 4.68 Å². The van der Waals surface area contributed by atoms with Gasteiger partial charge in [0, 0.05) is 25.8 Å². The van der Waals surface area contributed by atoms with Crippen LogP contribution in [0, 0.1) is 0 Å². The zero-order chi connectivity index (χ0) is 16.1. The van der Waals surface area contributed by atoms with E-state index in [1.54, 1.807) is 10.9 Å². The van der Waals surface area contributed by atoms with E-state index in [1.165, 1.54) is 12.0 Å². The summed E-state index contributed by atoms with van der Waals surface area (Å²) in [5.74, 6) is 0. The minimum Gasteiger partial charge on any atom is -0.322 e. The Labute approximate surface area is 137 Å². The largest absolute Gasteiger partial charge is 0.322 e. The van der Waals surface area contributed by atoms with Crippen molar-refractivity contribution in [3.63, 3.8) is 0 Å². The van der Waals surface area contributed by atoms with Gasteiger partial charge in [-0.15, -0.1) is 0 Å². The molecule has 0 bridgehead atoms. The number of likely N-dealkylation sites (tertiary alicyclic amines) is 1. The first-order valence-electron chi connectivity index (χ1n) is 8.32. The highest BCUT2D eigenvalue weighted by Crippen LogP contribution is 2.22. The van der Waals surface area contributed by atoms with Gasteiger partial charge in [-0.05, 0) is 37.7 Å². The van der Waals surface area contributed by atoms with Crippen molar-refractivity contribution >= 4 is 11.7 Å².